The number of guanidine groups is 1. The van der Waals surface area contributed by atoms with Crippen LogP contribution in [-0.2, 0) is 0 Å². The van der Waals surface area contributed by atoms with Crippen LogP contribution in [0.25, 0.3) is 0 Å². The Kier molecular flexibility index (Phi) is 6.86. The van der Waals surface area contributed by atoms with Crippen molar-refractivity contribution in [3.05, 3.63) is 0 Å². The number of aliphatic imine (C=N–C) groups is 1. The average Bonchev–Trinajstić information content (AvgIpc) is 2.80. The first kappa shape index (κ1) is 15.6. The molecule has 1 aliphatic heterocycles. The Balaban J connectivity index is 2.21. The van der Waals surface area contributed by atoms with Crippen molar-refractivity contribution in [3.63, 3.8) is 0 Å². The van der Waals surface area contributed by atoms with Crippen molar-refractivity contribution >= 4 is 17.7 Å². The number of hydrogen-bond donors (Lipinski definition) is 2. The van der Waals surface area contributed by atoms with E-state index >= 15 is 0 Å². The molecule has 1 unspecified atom stereocenters. The summed E-state index contributed by atoms with van der Waals surface area (Å²) in [6.07, 6.45) is 2.65. The third-order valence-electron chi connectivity index (χ3n) is 3.48. The highest BCUT2D eigenvalue weighted by atomic mass is 32.2. The SMILES string of the molecule is CCN(C)CCNC(=NC)NCC1(C)CCCS1. The molecule has 0 amide bonds. The maximum Gasteiger partial charge on any atom is 0.191 e. The third-order valence-corrected chi connectivity index (χ3v) is 5.02. The monoisotopic (exact) mass is 272 g/mol. The first-order valence-corrected chi connectivity index (χ1v) is 7.85. The maximum absolute atomic E-state index is 4.27. The molecule has 1 saturated heterocycles. The second-order valence-corrected chi connectivity index (χ2v) is 6.83. The minimum atomic E-state index is 0.387. The minimum absolute atomic E-state index is 0.387. The lowest BCUT2D eigenvalue weighted by Gasteiger charge is -2.24. The Morgan fingerprint density at radius 2 is 2.22 bits per heavy atom. The molecule has 1 rings (SSSR count). The molecule has 0 aliphatic carbocycles. The Bertz CT molecular complexity index is 262. The van der Waals surface area contributed by atoms with Gasteiger partial charge in [-0.05, 0) is 39.1 Å². The molecule has 0 aromatic carbocycles. The van der Waals surface area contributed by atoms with Gasteiger partial charge >= 0.3 is 0 Å². The van der Waals surface area contributed by atoms with Gasteiger partial charge in [-0.3, -0.25) is 4.99 Å². The minimum Gasteiger partial charge on any atom is -0.355 e. The van der Waals surface area contributed by atoms with Gasteiger partial charge in [0.2, 0.25) is 0 Å². The Morgan fingerprint density at radius 3 is 2.78 bits per heavy atom. The molecule has 0 radical (unpaired) electrons. The Hall–Kier alpha value is -0.420. The molecule has 0 saturated carbocycles. The van der Waals surface area contributed by atoms with Crippen LogP contribution in [0.15, 0.2) is 4.99 Å². The summed E-state index contributed by atoms with van der Waals surface area (Å²) in [5.74, 6) is 2.22. The number of nitrogens with zero attached hydrogens (tertiary/aromatic N) is 2. The zero-order valence-electron chi connectivity index (χ0n) is 12.3. The zero-order chi connectivity index (χ0) is 13.4. The van der Waals surface area contributed by atoms with E-state index in [1.54, 1.807) is 0 Å². The lowest BCUT2D eigenvalue weighted by atomic mass is 10.1. The predicted octanol–water partition coefficient (Wildman–Crippen LogP) is 1.39. The summed E-state index contributed by atoms with van der Waals surface area (Å²) in [5, 5.41) is 6.81. The van der Waals surface area contributed by atoms with Gasteiger partial charge in [-0.25, -0.2) is 0 Å². The first-order valence-electron chi connectivity index (χ1n) is 6.86. The molecule has 1 aliphatic rings. The molecule has 0 bridgehead atoms. The molecule has 18 heavy (non-hydrogen) atoms. The molecule has 0 aromatic rings. The molecule has 1 fully saturated rings. The van der Waals surface area contributed by atoms with Crippen LogP contribution in [0.5, 0.6) is 0 Å². The highest BCUT2D eigenvalue weighted by Gasteiger charge is 2.29. The van der Waals surface area contributed by atoms with Crippen molar-refractivity contribution < 1.29 is 0 Å². The quantitative estimate of drug-likeness (QED) is 0.566. The van der Waals surface area contributed by atoms with Crippen molar-refractivity contribution in [2.45, 2.75) is 31.4 Å². The lowest BCUT2D eigenvalue weighted by molar-refractivity contribution is 0.357. The topological polar surface area (TPSA) is 39.7 Å². The van der Waals surface area contributed by atoms with Gasteiger partial charge in [0.25, 0.3) is 0 Å². The Labute approximate surface area is 116 Å². The molecule has 0 spiro atoms. The second-order valence-electron chi connectivity index (χ2n) is 5.15. The van der Waals surface area contributed by atoms with Crippen LogP contribution in [0.2, 0.25) is 0 Å². The summed E-state index contributed by atoms with van der Waals surface area (Å²) in [4.78, 5) is 6.56. The fraction of sp³-hybridized carbons (Fsp3) is 0.923. The van der Waals surface area contributed by atoms with E-state index in [2.05, 4.69) is 53.2 Å². The number of thioether (sulfide) groups is 1. The number of likely N-dealkylation sites (N-methyl/N-ethyl adjacent to an activating group) is 1. The Morgan fingerprint density at radius 1 is 1.44 bits per heavy atom. The highest BCUT2D eigenvalue weighted by Crippen LogP contribution is 2.36. The van der Waals surface area contributed by atoms with Crippen LogP contribution in [0, 0.1) is 0 Å². The lowest BCUT2D eigenvalue weighted by Crippen LogP contribution is -2.45. The van der Waals surface area contributed by atoms with Crippen molar-refractivity contribution in [1.82, 2.24) is 15.5 Å². The third kappa shape index (κ3) is 5.48. The van der Waals surface area contributed by atoms with Gasteiger partial charge in [-0.15, -0.1) is 0 Å². The largest absolute Gasteiger partial charge is 0.355 e. The van der Waals surface area contributed by atoms with Gasteiger partial charge in [0.1, 0.15) is 0 Å². The number of hydrogen-bond acceptors (Lipinski definition) is 3. The van der Waals surface area contributed by atoms with E-state index in [0.29, 0.717) is 4.75 Å². The smallest absolute Gasteiger partial charge is 0.191 e. The van der Waals surface area contributed by atoms with Crippen molar-refractivity contribution in [2.24, 2.45) is 4.99 Å². The molecule has 1 atom stereocenters. The van der Waals surface area contributed by atoms with Crippen LogP contribution in [-0.4, -0.2) is 61.6 Å². The van der Waals surface area contributed by atoms with E-state index in [4.69, 9.17) is 0 Å². The van der Waals surface area contributed by atoms with Crippen LogP contribution < -0.4 is 10.6 Å². The summed E-state index contributed by atoms with van der Waals surface area (Å²) in [6, 6.07) is 0. The van der Waals surface area contributed by atoms with E-state index in [1.807, 2.05) is 7.05 Å². The summed E-state index contributed by atoms with van der Waals surface area (Å²) >= 11 is 2.08. The molecule has 4 nitrogen and oxygen atoms in total. The van der Waals surface area contributed by atoms with Crippen molar-refractivity contribution in [1.29, 1.82) is 0 Å². The number of rotatable bonds is 6. The number of nitrogens with one attached hydrogen (secondary N) is 2. The van der Waals surface area contributed by atoms with Gasteiger partial charge in [0.15, 0.2) is 5.96 Å². The van der Waals surface area contributed by atoms with E-state index in [0.717, 1.165) is 32.1 Å². The summed E-state index contributed by atoms with van der Waals surface area (Å²) < 4.78 is 0.387. The van der Waals surface area contributed by atoms with Gasteiger partial charge < -0.3 is 15.5 Å². The van der Waals surface area contributed by atoms with E-state index < -0.39 is 0 Å². The molecule has 2 N–H and O–H groups in total. The second kappa shape index (κ2) is 7.89. The molecular formula is C13H28N4S. The zero-order valence-corrected chi connectivity index (χ0v) is 13.1. The van der Waals surface area contributed by atoms with Crippen LogP contribution >= 0.6 is 11.8 Å². The van der Waals surface area contributed by atoms with Gasteiger partial charge in [0, 0.05) is 31.4 Å². The van der Waals surface area contributed by atoms with Gasteiger partial charge in [-0.2, -0.15) is 11.8 Å². The van der Waals surface area contributed by atoms with Crippen LogP contribution in [0.4, 0.5) is 0 Å². The van der Waals surface area contributed by atoms with E-state index in [-0.39, 0.29) is 0 Å². The average molecular weight is 272 g/mol. The molecule has 1 heterocycles. The molecular weight excluding hydrogens is 244 g/mol. The predicted molar refractivity (Wildman–Crippen MR) is 82.6 cm³/mol. The molecule has 5 heteroatoms. The van der Waals surface area contributed by atoms with Crippen molar-refractivity contribution in [3.8, 4) is 0 Å². The van der Waals surface area contributed by atoms with Crippen molar-refractivity contribution in [2.75, 3.05) is 46.0 Å². The van der Waals surface area contributed by atoms with Gasteiger partial charge in [-0.1, -0.05) is 6.92 Å². The fourth-order valence-electron chi connectivity index (χ4n) is 1.99. The standard InChI is InChI=1S/C13H28N4S/c1-5-17(4)9-8-15-12(14-3)16-11-13(2)7-6-10-18-13/h5-11H2,1-4H3,(H2,14,15,16). The molecule has 106 valence electrons. The van der Waals surface area contributed by atoms with E-state index in [1.165, 1.54) is 18.6 Å². The van der Waals surface area contributed by atoms with Crippen LogP contribution in [0.1, 0.15) is 26.7 Å². The highest BCUT2D eigenvalue weighted by molar-refractivity contribution is 8.00. The summed E-state index contributed by atoms with van der Waals surface area (Å²) in [7, 11) is 3.97. The summed E-state index contributed by atoms with van der Waals surface area (Å²) in [5.41, 5.74) is 0. The first-order chi connectivity index (χ1) is 8.59. The summed E-state index contributed by atoms with van der Waals surface area (Å²) in [6.45, 7) is 8.58. The van der Waals surface area contributed by atoms with Crippen LogP contribution in [0.3, 0.4) is 0 Å². The van der Waals surface area contributed by atoms with Gasteiger partial charge in [0.05, 0.1) is 0 Å². The van der Waals surface area contributed by atoms with E-state index in [9.17, 15) is 0 Å². The normalized spacial score (nSPS) is 24.6. The fourth-order valence-corrected chi connectivity index (χ4v) is 3.24. The maximum atomic E-state index is 4.27. The molecule has 0 aromatic heterocycles.